The van der Waals surface area contributed by atoms with Crippen LogP contribution >= 0.6 is 11.8 Å². The van der Waals surface area contributed by atoms with Crippen LogP contribution in [-0.2, 0) is 10.0 Å². The highest BCUT2D eigenvalue weighted by Gasteiger charge is 2.40. The molecule has 1 N–H and O–H groups in total. The Morgan fingerprint density at radius 3 is 2.73 bits per heavy atom. The van der Waals surface area contributed by atoms with E-state index in [2.05, 4.69) is 36.5 Å². The first-order chi connectivity index (χ1) is 19.7. The lowest BCUT2D eigenvalue weighted by Gasteiger charge is -2.31. The van der Waals surface area contributed by atoms with E-state index in [0.717, 1.165) is 31.4 Å². The Balaban J connectivity index is 1.33. The summed E-state index contributed by atoms with van der Waals surface area (Å²) in [6.07, 6.45) is 5.86. The summed E-state index contributed by atoms with van der Waals surface area (Å²) in [6, 6.07) is 6.31. The number of hydrogen-bond acceptors (Lipinski definition) is 11. The predicted molar refractivity (Wildman–Crippen MR) is 162 cm³/mol. The van der Waals surface area contributed by atoms with Gasteiger partial charge in [0.25, 0.3) is 5.56 Å². The molecule has 41 heavy (non-hydrogen) atoms. The number of nitrogens with one attached hydrogen (secondary N) is 1. The first kappa shape index (κ1) is 29.3. The molecule has 0 radical (unpaired) electrons. The van der Waals surface area contributed by atoms with Crippen LogP contribution in [0.1, 0.15) is 20.3 Å². The highest BCUT2D eigenvalue weighted by Crippen LogP contribution is 2.30. The third-order valence-corrected chi connectivity index (χ3v) is 10.2. The van der Waals surface area contributed by atoms with Crippen molar-refractivity contribution in [3.63, 3.8) is 0 Å². The molecule has 2 aliphatic heterocycles. The molecule has 3 aromatic heterocycles. The van der Waals surface area contributed by atoms with Gasteiger partial charge in [0.2, 0.25) is 21.7 Å². The van der Waals surface area contributed by atoms with Crippen LogP contribution in [0.15, 0.2) is 46.6 Å². The second kappa shape index (κ2) is 12.3. The van der Waals surface area contributed by atoms with Crippen LogP contribution in [0.25, 0.3) is 16.8 Å². The van der Waals surface area contributed by atoms with Gasteiger partial charge in [0.15, 0.2) is 0 Å². The van der Waals surface area contributed by atoms with Gasteiger partial charge in [-0.1, -0.05) is 11.8 Å². The van der Waals surface area contributed by atoms with Crippen LogP contribution in [0.4, 0.5) is 5.69 Å². The van der Waals surface area contributed by atoms with Crippen molar-refractivity contribution in [2.45, 2.75) is 32.4 Å². The third-order valence-electron chi connectivity index (χ3n) is 7.38. The molecule has 0 spiro atoms. The lowest BCUT2D eigenvalue weighted by Crippen LogP contribution is -2.45. The van der Waals surface area contributed by atoms with Crippen molar-refractivity contribution >= 4 is 38.2 Å². The van der Waals surface area contributed by atoms with Crippen LogP contribution < -0.4 is 19.8 Å². The number of sulfonamides is 1. The van der Waals surface area contributed by atoms with Crippen LogP contribution in [0, 0.1) is 0 Å². The molecule has 12 nitrogen and oxygen atoms in total. The lowest BCUT2D eigenvalue weighted by molar-refractivity contribution is 0.129. The second-order valence-electron chi connectivity index (χ2n) is 10.2. The fraction of sp³-hybridized carbons (Fsp3) is 0.481. The molecule has 2 aliphatic rings. The quantitative estimate of drug-likeness (QED) is 0.258. The summed E-state index contributed by atoms with van der Waals surface area (Å²) in [5, 5.41) is 0.483. The number of likely N-dealkylation sites (N-methyl/N-ethyl adjacent to an activating group) is 1. The Bertz CT molecular complexity index is 1610. The van der Waals surface area contributed by atoms with E-state index in [1.54, 1.807) is 37.5 Å². The molecule has 220 valence electrons. The monoisotopic (exact) mass is 601 g/mol. The van der Waals surface area contributed by atoms with Gasteiger partial charge in [-0.3, -0.25) is 23.8 Å². The number of methoxy groups -OCH3 is 1. The molecule has 2 fully saturated rings. The minimum atomic E-state index is -3.72. The van der Waals surface area contributed by atoms with Gasteiger partial charge in [-0.15, -0.1) is 0 Å². The number of ether oxygens (including phenoxy) is 2. The Hall–Kier alpha value is -3.20. The highest BCUT2D eigenvalue weighted by atomic mass is 32.3. The minimum Gasteiger partial charge on any atom is -0.485 e. The summed E-state index contributed by atoms with van der Waals surface area (Å²) < 4.78 is 40.7. The fourth-order valence-electron chi connectivity index (χ4n) is 5.30. The lowest BCUT2D eigenvalue weighted by atomic mass is 10.1. The van der Waals surface area contributed by atoms with E-state index in [1.807, 2.05) is 6.92 Å². The number of likely N-dealkylation sites (tertiary alicyclic amines) is 2. The topological polar surface area (TPSA) is 131 Å². The molecule has 2 saturated heterocycles. The Morgan fingerprint density at radius 2 is 2.02 bits per heavy atom. The van der Waals surface area contributed by atoms with E-state index in [9.17, 15) is 13.2 Å². The molecule has 0 amide bonds. The van der Waals surface area contributed by atoms with E-state index < -0.39 is 10.0 Å². The number of aromatic nitrogens is 3. The van der Waals surface area contributed by atoms with Crippen molar-refractivity contribution in [3.05, 3.63) is 47.1 Å². The zero-order chi connectivity index (χ0) is 29.1. The number of nitrogens with zero attached hydrogens (tertiary/aromatic N) is 6. The number of anilines is 1. The van der Waals surface area contributed by atoms with Gasteiger partial charge in [-0.05, 0) is 45.5 Å². The van der Waals surface area contributed by atoms with E-state index in [0.29, 0.717) is 47.1 Å². The number of fused-ring (bicyclic) bond motifs is 3. The maximum atomic E-state index is 13.3. The van der Waals surface area contributed by atoms with Crippen LogP contribution in [0.2, 0.25) is 0 Å². The standard InChI is InChI=1S/C27H35N7O5S2/c1-5-28-18(2)40-17-41(36,37)31-23-10-20(12-30-26(23)38-4)19-6-7-25-29-13-24(27(35)34(25)14-19)39-9-8-33-16-21-11-22(33)15-32(21)3/h6-7,10,12-14,21-22,31H,5,8-9,11,15-17H2,1-4H3/b28-18-. The number of rotatable bonds is 11. The maximum Gasteiger partial charge on any atom is 0.300 e. The van der Waals surface area contributed by atoms with Crippen LogP contribution in [0.3, 0.4) is 0 Å². The normalized spacial score (nSPS) is 19.7. The number of piperazine rings is 1. The molecule has 0 aromatic carbocycles. The molecular formula is C27H35N7O5S2. The van der Waals surface area contributed by atoms with Crippen molar-refractivity contribution < 1.29 is 17.9 Å². The minimum absolute atomic E-state index is 0.134. The van der Waals surface area contributed by atoms with Crippen molar-refractivity contribution in [1.29, 1.82) is 0 Å². The molecule has 0 saturated carbocycles. The van der Waals surface area contributed by atoms with Crippen molar-refractivity contribution in [1.82, 2.24) is 24.2 Å². The number of hydrogen-bond donors (Lipinski definition) is 1. The summed E-state index contributed by atoms with van der Waals surface area (Å²) in [7, 11) is -0.136. The summed E-state index contributed by atoms with van der Waals surface area (Å²) in [5.41, 5.74) is 1.58. The Morgan fingerprint density at radius 1 is 1.20 bits per heavy atom. The number of pyridine rings is 2. The van der Waals surface area contributed by atoms with Crippen LogP contribution in [-0.4, -0.2) is 102 Å². The SMILES string of the molecule is CC/N=C(/C)SCS(=O)(=O)Nc1cc(-c2ccc3ncc(OCCN4CC5CC4CN5C)c(=O)n3c2)cnc1OC. The molecule has 3 aromatic rings. The number of aliphatic imine (C=N–C) groups is 1. The molecular weight excluding hydrogens is 566 g/mol. The Labute approximate surface area is 243 Å². The first-order valence-corrected chi connectivity index (χ1v) is 16.1. The zero-order valence-corrected chi connectivity index (χ0v) is 25.2. The van der Waals surface area contributed by atoms with Gasteiger partial charge >= 0.3 is 0 Å². The third kappa shape index (κ3) is 6.66. The van der Waals surface area contributed by atoms with Gasteiger partial charge < -0.3 is 14.4 Å². The van der Waals surface area contributed by atoms with Gasteiger partial charge in [0, 0.05) is 61.8 Å². The van der Waals surface area contributed by atoms with Gasteiger partial charge in [0.1, 0.15) is 23.0 Å². The van der Waals surface area contributed by atoms with E-state index in [4.69, 9.17) is 9.47 Å². The molecule has 0 aliphatic carbocycles. The van der Waals surface area contributed by atoms with E-state index >= 15 is 0 Å². The molecule has 5 heterocycles. The molecule has 2 atom stereocenters. The predicted octanol–water partition coefficient (Wildman–Crippen LogP) is 2.40. The second-order valence-corrected chi connectivity index (χ2v) is 13.4. The van der Waals surface area contributed by atoms with Crippen LogP contribution in [0.5, 0.6) is 11.6 Å². The van der Waals surface area contributed by atoms with Gasteiger partial charge in [0.05, 0.1) is 18.4 Å². The highest BCUT2D eigenvalue weighted by molar-refractivity contribution is 8.22. The smallest absolute Gasteiger partial charge is 0.300 e. The average molecular weight is 602 g/mol. The van der Waals surface area contributed by atoms with Gasteiger partial charge in [-0.2, -0.15) is 0 Å². The van der Waals surface area contributed by atoms with Crippen molar-refractivity contribution in [2.75, 3.05) is 56.8 Å². The summed E-state index contributed by atoms with van der Waals surface area (Å²) in [4.78, 5) is 31.0. The molecule has 2 unspecified atom stereocenters. The van der Waals surface area contributed by atoms with Crippen molar-refractivity contribution in [2.24, 2.45) is 4.99 Å². The molecule has 2 bridgehead atoms. The first-order valence-electron chi connectivity index (χ1n) is 13.4. The molecule has 14 heteroatoms. The summed E-state index contributed by atoms with van der Waals surface area (Å²) >= 11 is 1.14. The Kier molecular flexibility index (Phi) is 8.82. The summed E-state index contributed by atoms with van der Waals surface area (Å²) in [5.74, 6) is 0.316. The fourth-order valence-corrected chi connectivity index (χ4v) is 7.54. The zero-order valence-electron chi connectivity index (χ0n) is 23.6. The summed E-state index contributed by atoms with van der Waals surface area (Å²) in [6.45, 7) is 7.52. The van der Waals surface area contributed by atoms with E-state index in [1.165, 1.54) is 24.1 Å². The van der Waals surface area contributed by atoms with Gasteiger partial charge in [-0.25, -0.2) is 18.4 Å². The van der Waals surface area contributed by atoms with Crippen molar-refractivity contribution in [3.8, 4) is 22.8 Å². The molecule has 5 rings (SSSR count). The van der Waals surface area contributed by atoms with E-state index in [-0.39, 0.29) is 28.0 Å². The number of thioether (sulfide) groups is 1. The maximum absolute atomic E-state index is 13.3. The average Bonchev–Trinajstić information content (AvgIpc) is 3.52. The largest absolute Gasteiger partial charge is 0.485 e.